The molecule has 9 aromatic rings. The zero-order chi connectivity index (χ0) is 34.3. The molecule has 0 spiro atoms. The zero-order valence-corrected chi connectivity index (χ0v) is 29.0. The average molecular weight is 653 g/mol. The topological polar surface area (TPSA) is 9.23 Å². The second kappa shape index (κ2) is 11.2. The van der Waals surface area contributed by atoms with Crippen LogP contribution in [0.15, 0.2) is 164 Å². The molecule has 0 aromatic heterocycles. The number of rotatable bonds is 4. The minimum absolute atomic E-state index is 0.0725. The van der Waals surface area contributed by atoms with E-state index in [1.165, 1.54) is 98.7 Å². The maximum Gasteiger partial charge on any atom is 0.118 e. The van der Waals surface area contributed by atoms with Crippen molar-refractivity contribution in [3.63, 3.8) is 0 Å². The van der Waals surface area contributed by atoms with Gasteiger partial charge in [0.25, 0.3) is 0 Å². The van der Waals surface area contributed by atoms with Crippen LogP contribution >= 0.6 is 0 Å². The van der Waals surface area contributed by atoms with Gasteiger partial charge in [-0.2, -0.15) is 0 Å². The van der Waals surface area contributed by atoms with Crippen molar-refractivity contribution in [2.45, 2.75) is 19.3 Å². The summed E-state index contributed by atoms with van der Waals surface area (Å²) >= 11 is 0. The highest BCUT2D eigenvalue weighted by atomic mass is 16.5. The minimum atomic E-state index is -0.0725. The highest BCUT2D eigenvalue weighted by Crippen LogP contribution is 2.53. The molecule has 242 valence electrons. The van der Waals surface area contributed by atoms with Gasteiger partial charge in [0.05, 0.1) is 7.11 Å². The van der Waals surface area contributed by atoms with E-state index < -0.39 is 0 Å². The van der Waals surface area contributed by atoms with Gasteiger partial charge in [-0.25, -0.2) is 0 Å². The molecule has 0 N–H and O–H groups in total. The summed E-state index contributed by atoms with van der Waals surface area (Å²) in [6, 6.07) is 60.5. The Kier molecular flexibility index (Phi) is 6.51. The van der Waals surface area contributed by atoms with Crippen LogP contribution in [0.3, 0.4) is 0 Å². The molecule has 0 saturated carbocycles. The van der Waals surface area contributed by atoms with Crippen LogP contribution in [-0.4, -0.2) is 7.11 Å². The van der Waals surface area contributed by atoms with Gasteiger partial charge in [0.15, 0.2) is 0 Å². The maximum absolute atomic E-state index is 5.53. The molecule has 1 heteroatoms. The second-order valence-corrected chi connectivity index (χ2v) is 14.3. The first-order valence-corrected chi connectivity index (χ1v) is 17.8. The lowest BCUT2D eigenvalue weighted by Crippen LogP contribution is -2.14. The molecule has 51 heavy (non-hydrogen) atoms. The third-order valence-corrected chi connectivity index (χ3v) is 11.4. The summed E-state index contributed by atoms with van der Waals surface area (Å²) in [7, 11) is 1.72. The summed E-state index contributed by atoms with van der Waals surface area (Å²) in [6.45, 7) is 4.74. The molecule has 0 aliphatic heterocycles. The lowest BCUT2D eigenvalue weighted by atomic mass is 9.79. The molecule has 10 rings (SSSR count). The monoisotopic (exact) mass is 652 g/mol. The van der Waals surface area contributed by atoms with Crippen LogP contribution in [0.1, 0.15) is 25.0 Å². The van der Waals surface area contributed by atoms with Gasteiger partial charge in [-0.15, -0.1) is 0 Å². The van der Waals surface area contributed by atoms with E-state index in [0.717, 1.165) is 5.75 Å². The number of fused-ring (bicyclic) bond motifs is 7. The molecule has 1 nitrogen and oxygen atoms in total. The molecule has 1 aliphatic carbocycles. The van der Waals surface area contributed by atoms with Crippen molar-refractivity contribution in [2.24, 2.45) is 0 Å². The quantitative estimate of drug-likeness (QED) is 0.172. The van der Waals surface area contributed by atoms with Crippen LogP contribution in [-0.2, 0) is 5.41 Å². The predicted molar refractivity (Wildman–Crippen MR) is 217 cm³/mol. The standard InChI is InChI=1S/C50H36O/c1-50(2)44-23-13-12-14-34(44)35-29-26-32(30-45(35)50)47-38-17-6-10-21-42(38)49(43-22-11-7-18-39(43)47)48-40-19-8-4-15-36(40)46(37-16-5-9-20-41(37)48)31-24-27-33(51-3)28-25-31/h4-30H,1-3H3. The molecule has 0 unspecified atom stereocenters. The SMILES string of the molecule is COc1ccc(-c2c3ccccc3c(-c3c4ccccc4c(-c4ccc5c(c4)C(C)(C)c4ccccc4-5)c4ccccc34)c3ccccc23)cc1. The molecule has 0 amide bonds. The van der Waals surface area contributed by atoms with E-state index in [-0.39, 0.29) is 5.41 Å². The van der Waals surface area contributed by atoms with Crippen molar-refractivity contribution in [1.29, 1.82) is 0 Å². The van der Waals surface area contributed by atoms with Crippen molar-refractivity contribution in [3.05, 3.63) is 175 Å². The smallest absolute Gasteiger partial charge is 0.118 e. The van der Waals surface area contributed by atoms with E-state index in [2.05, 4.69) is 178 Å². The Bertz CT molecular complexity index is 2740. The highest BCUT2D eigenvalue weighted by Gasteiger charge is 2.35. The van der Waals surface area contributed by atoms with Gasteiger partial charge in [-0.3, -0.25) is 0 Å². The van der Waals surface area contributed by atoms with Crippen LogP contribution in [0.4, 0.5) is 0 Å². The fourth-order valence-electron chi connectivity index (χ4n) is 9.03. The van der Waals surface area contributed by atoms with Crippen LogP contribution in [0.25, 0.3) is 87.6 Å². The van der Waals surface area contributed by atoms with Gasteiger partial charge < -0.3 is 4.74 Å². The fraction of sp³-hybridized carbons (Fsp3) is 0.0800. The summed E-state index contributed by atoms with van der Waals surface area (Å²) in [5.74, 6) is 0.860. The Labute approximate surface area is 298 Å². The minimum Gasteiger partial charge on any atom is -0.497 e. The molecule has 0 heterocycles. The van der Waals surface area contributed by atoms with E-state index >= 15 is 0 Å². The highest BCUT2D eigenvalue weighted by molar-refractivity contribution is 6.30. The fourth-order valence-corrected chi connectivity index (χ4v) is 9.03. The summed E-state index contributed by atoms with van der Waals surface area (Å²) in [4.78, 5) is 0. The second-order valence-electron chi connectivity index (χ2n) is 14.3. The lowest BCUT2D eigenvalue weighted by molar-refractivity contribution is 0.415. The van der Waals surface area contributed by atoms with E-state index in [9.17, 15) is 0 Å². The maximum atomic E-state index is 5.53. The molecular formula is C50H36O. The number of hydrogen-bond donors (Lipinski definition) is 0. The molecule has 0 saturated heterocycles. The van der Waals surface area contributed by atoms with Crippen molar-refractivity contribution >= 4 is 43.1 Å². The molecule has 1 aliphatic rings. The normalized spacial score (nSPS) is 13.2. The van der Waals surface area contributed by atoms with Gasteiger partial charge >= 0.3 is 0 Å². The Morgan fingerprint density at radius 2 is 0.725 bits per heavy atom. The van der Waals surface area contributed by atoms with Crippen molar-refractivity contribution in [2.75, 3.05) is 7.11 Å². The van der Waals surface area contributed by atoms with Gasteiger partial charge in [0, 0.05) is 5.41 Å². The van der Waals surface area contributed by atoms with E-state index in [0.29, 0.717) is 0 Å². The van der Waals surface area contributed by atoms with E-state index in [4.69, 9.17) is 4.74 Å². The molecule has 0 atom stereocenters. The third kappa shape index (κ3) is 4.28. The Morgan fingerprint density at radius 3 is 1.20 bits per heavy atom. The molecule has 9 aromatic carbocycles. The average Bonchev–Trinajstić information content (AvgIpc) is 3.41. The number of methoxy groups -OCH3 is 1. The summed E-state index contributed by atoms with van der Waals surface area (Å²) in [5.41, 5.74) is 13.0. The number of ether oxygens (including phenoxy) is 1. The summed E-state index contributed by atoms with van der Waals surface area (Å²) in [5, 5.41) is 10.1. The molecular weight excluding hydrogens is 617 g/mol. The largest absolute Gasteiger partial charge is 0.497 e. The summed E-state index contributed by atoms with van der Waals surface area (Å²) in [6.07, 6.45) is 0. The Morgan fingerprint density at radius 1 is 0.353 bits per heavy atom. The van der Waals surface area contributed by atoms with E-state index in [1.807, 2.05) is 0 Å². The van der Waals surface area contributed by atoms with Gasteiger partial charge in [0.1, 0.15) is 5.75 Å². The molecule has 0 fully saturated rings. The van der Waals surface area contributed by atoms with Crippen LogP contribution < -0.4 is 4.74 Å². The van der Waals surface area contributed by atoms with Crippen LogP contribution in [0.5, 0.6) is 5.75 Å². The van der Waals surface area contributed by atoms with Gasteiger partial charge in [-0.05, 0) is 117 Å². The molecule has 0 radical (unpaired) electrons. The van der Waals surface area contributed by atoms with Crippen molar-refractivity contribution in [1.82, 2.24) is 0 Å². The first kappa shape index (κ1) is 29.7. The van der Waals surface area contributed by atoms with Crippen LogP contribution in [0, 0.1) is 0 Å². The lowest BCUT2D eigenvalue weighted by Gasteiger charge is -2.24. The first-order valence-electron chi connectivity index (χ1n) is 17.8. The summed E-state index contributed by atoms with van der Waals surface area (Å²) < 4.78 is 5.53. The van der Waals surface area contributed by atoms with Gasteiger partial charge in [-0.1, -0.05) is 159 Å². The van der Waals surface area contributed by atoms with Gasteiger partial charge in [0.2, 0.25) is 0 Å². The Hall–Kier alpha value is -6.18. The molecule has 0 bridgehead atoms. The number of benzene rings is 9. The first-order chi connectivity index (χ1) is 25.0. The van der Waals surface area contributed by atoms with Crippen LogP contribution in [0.2, 0.25) is 0 Å². The zero-order valence-electron chi connectivity index (χ0n) is 29.0. The number of hydrogen-bond acceptors (Lipinski definition) is 1. The Balaban J connectivity index is 1.31. The van der Waals surface area contributed by atoms with E-state index in [1.54, 1.807) is 7.11 Å². The predicted octanol–water partition coefficient (Wildman–Crippen LogP) is 13.6. The third-order valence-electron chi connectivity index (χ3n) is 11.4. The van der Waals surface area contributed by atoms with Crippen molar-refractivity contribution < 1.29 is 4.74 Å². The van der Waals surface area contributed by atoms with Crippen molar-refractivity contribution in [3.8, 4) is 50.3 Å².